The number of hydrogen-bond acceptors (Lipinski definition) is 5. The molecule has 0 amide bonds. The van der Waals surface area contributed by atoms with Crippen LogP contribution in [0, 0.1) is 34.5 Å². The van der Waals surface area contributed by atoms with Crippen molar-refractivity contribution in [3.05, 3.63) is 11.1 Å². The van der Waals surface area contributed by atoms with Crippen LogP contribution in [-0.2, 0) is 9.59 Å². The molecule has 4 aliphatic carbocycles. The number of Topliss-reactive ketones (excluding diaryl/α,β-unsaturated/α-hetero) is 2. The van der Waals surface area contributed by atoms with Crippen molar-refractivity contribution in [1.29, 1.82) is 0 Å². The topological polar surface area (TPSA) is 94.8 Å². The lowest BCUT2D eigenvalue weighted by atomic mass is 9.47. The number of fused-ring (bicyclic) bond motifs is 4. The van der Waals surface area contributed by atoms with Gasteiger partial charge in [-0.05, 0) is 54.8 Å². The van der Waals surface area contributed by atoms with E-state index >= 15 is 0 Å². The monoisotopic (exact) mass is 446 g/mol. The molecule has 2 fully saturated rings. The summed E-state index contributed by atoms with van der Waals surface area (Å²) in [6.45, 7) is 10.8. The first-order valence-electron chi connectivity index (χ1n) is 12.8. The molecule has 32 heavy (non-hydrogen) atoms. The molecule has 180 valence electrons. The Bertz CT molecular complexity index is 830. The van der Waals surface area contributed by atoms with Crippen molar-refractivity contribution in [2.75, 3.05) is 0 Å². The van der Waals surface area contributed by atoms with Gasteiger partial charge in [-0.2, -0.15) is 0 Å². The Labute approximate surface area is 192 Å². The summed E-state index contributed by atoms with van der Waals surface area (Å²) in [7, 11) is 0. The predicted octanol–water partition coefficient (Wildman–Crippen LogP) is 3.98. The van der Waals surface area contributed by atoms with Gasteiger partial charge >= 0.3 is 0 Å². The fourth-order valence-electron chi connectivity index (χ4n) is 8.11. The summed E-state index contributed by atoms with van der Waals surface area (Å²) < 4.78 is 0. The van der Waals surface area contributed by atoms with E-state index in [0.717, 1.165) is 19.3 Å². The molecule has 5 nitrogen and oxygen atoms in total. The summed E-state index contributed by atoms with van der Waals surface area (Å²) in [5.74, 6) is 1.00. The van der Waals surface area contributed by atoms with Crippen molar-refractivity contribution in [2.24, 2.45) is 34.5 Å². The lowest BCUT2D eigenvalue weighted by Crippen LogP contribution is -2.67. The number of hydrogen-bond donors (Lipinski definition) is 3. The van der Waals surface area contributed by atoms with Crippen molar-refractivity contribution in [3.8, 4) is 0 Å². The van der Waals surface area contributed by atoms with Crippen LogP contribution in [0.4, 0.5) is 0 Å². The highest BCUT2D eigenvalue weighted by Crippen LogP contribution is 2.65. The summed E-state index contributed by atoms with van der Waals surface area (Å²) in [6, 6.07) is 0. The van der Waals surface area contributed by atoms with E-state index in [2.05, 4.69) is 27.7 Å². The van der Waals surface area contributed by atoms with E-state index in [1.54, 1.807) is 0 Å². The Kier molecular flexibility index (Phi) is 6.04. The highest BCUT2D eigenvalue weighted by Gasteiger charge is 2.68. The average molecular weight is 447 g/mol. The molecule has 5 heteroatoms. The molecule has 3 N–H and O–H groups in total. The maximum Gasteiger partial charge on any atom is 0.190 e. The third kappa shape index (κ3) is 3.29. The van der Waals surface area contributed by atoms with Crippen LogP contribution < -0.4 is 0 Å². The first-order valence-corrected chi connectivity index (χ1v) is 12.8. The zero-order valence-corrected chi connectivity index (χ0v) is 20.5. The minimum Gasteiger partial charge on any atom is -0.393 e. The molecule has 8 atom stereocenters. The standard InChI is InChI=1S/C27H42O5/c1-15(2)7-6-8-16(3)18-9-10-19-21-22(20(29)14-25(18,19)4)26(5)12-11-17(28)13-27(26,32)24(31)23(21)30/h15-19,24,28,31-32H,6-14H2,1-5H3. The second kappa shape index (κ2) is 8.02. The van der Waals surface area contributed by atoms with E-state index in [9.17, 15) is 24.9 Å². The second-order valence-electron chi connectivity index (χ2n) is 12.4. The number of aliphatic hydroxyl groups excluding tert-OH is 2. The van der Waals surface area contributed by atoms with Gasteiger partial charge in [-0.15, -0.1) is 0 Å². The Hall–Kier alpha value is -1.04. The molecule has 0 heterocycles. The van der Waals surface area contributed by atoms with Crippen LogP contribution >= 0.6 is 0 Å². The molecular formula is C27H42O5. The van der Waals surface area contributed by atoms with Crippen molar-refractivity contribution in [1.82, 2.24) is 0 Å². The average Bonchev–Trinajstić information content (AvgIpc) is 3.04. The third-order valence-corrected chi connectivity index (χ3v) is 9.97. The van der Waals surface area contributed by atoms with E-state index in [1.165, 1.54) is 12.8 Å². The maximum absolute atomic E-state index is 13.7. The van der Waals surface area contributed by atoms with E-state index in [0.29, 0.717) is 48.2 Å². The Balaban J connectivity index is 1.71. The number of carbonyl (C=O) groups excluding carboxylic acids is 2. The number of rotatable bonds is 5. The maximum atomic E-state index is 13.7. The van der Waals surface area contributed by atoms with Gasteiger partial charge in [0.2, 0.25) is 0 Å². The highest BCUT2D eigenvalue weighted by atomic mass is 16.4. The minimum atomic E-state index is -1.79. The Morgan fingerprint density at radius 2 is 1.72 bits per heavy atom. The quantitative estimate of drug-likeness (QED) is 0.594. The van der Waals surface area contributed by atoms with Gasteiger partial charge in [0.15, 0.2) is 11.6 Å². The van der Waals surface area contributed by atoms with Gasteiger partial charge in [-0.25, -0.2) is 0 Å². The van der Waals surface area contributed by atoms with E-state index in [1.807, 2.05) is 6.92 Å². The summed E-state index contributed by atoms with van der Waals surface area (Å²) >= 11 is 0. The van der Waals surface area contributed by atoms with Crippen LogP contribution in [0.5, 0.6) is 0 Å². The van der Waals surface area contributed by atoms with Crippen molar-refractivity contribution in [3.63, 3.8) is 0 Å². The van der Waals surface area contributed by atoms with Gasteiger partial charge in [0, 0.05) is 29.4 Å². The van der Waals surface area contributed by atoms with Gasteiger partial charge in [0.1, 0.15) is 11.7 Å². The van der Waals surface area contributed by atoms with E-state index in [-0.39, 0.29) is 23.5 Å². The smallest absolute Gasteiger partial charge is 0.190 e. The SMILES string of the molecule is CC(C)CCCC(C)C1CCC2C3=C(C(=O)CC21C)C1(C)CCC(O)CC1(O)C(O)C3=O. The molecule has 8 unspecified atom stereocenters. The molecular weight excluding hydrogens is 404 g/mol. The molecule has 0 aromatic rings. The molecule has 0 aliphatic heterocycles. The predicted molar refractivity (Wildman–Crippen MR) is 123 cm³/mol. The Morgan fingerprint density at radius 1 is 1.03 bits per heavy atom. The number of ketones is 2. The fourth-order valence-corrected chi connectivity index (χ4v) is 8.11. The van der Waals surface area contributed by atoms with Gasteiger partial charge < -0.3 is 15.3 Å². The van der Waals surface area contributed by atoms with Crippen LogP contribution in [0.2, 0.25) is 0 Å². The number of aliphatic hydroxyl groups is 3. The first-order chi connectivity index (χ1) is 14.9. The van der Waals surface area contributed by atoms with Crippen LogP contribution in [0.15, 0.2) is 11.1 Å². The normalized spacial score (nSPS) is 45.0. The zero-order chi connectivity index (χ0) is 23.6. The van der Waals surface area contributed by atoms with Crippen molar-refractivity contribution >= 4 is 11.6 Å². The third-order valence-electron chi connectivity index (χ3n) is 9.97. The lowest BCUT2D eigenvalue weighted by molar-refractivity contribution is -0.194. The lowest BCUT2D eigenvalue weighted by Gasteiger charge is -2.58. The summed E-state index contributed by atoms with van der Waals surface area (Å²) in [5.41, 5.74) is -2.07. The van der Waals surface area contributed by atoms with Crippen LogP contribution in [-0.4, -0.2) is 44.7 Å². The molecule has 0 aromatic heterocycles. The van der Waals surface area contributed by atoms with E-state index in [4.69, 9.17) is 0 Å². The minimum absolute atomic E-state index is 0.0300. The summed E-state index contributed by atoms with van der Waals surface area (Å²) in [5, 5.41) is 32.7. The molecule has 0 bridgehead atoms. The summed E-state index contributed by atoms with van der Waals surface area (Å²) in [6.07, 6.45) is 4.22. The highest BCUT2D eigenvalue weighted by molar-refractivity contribution is 6.13. The Morgan fingerprint density at radius 3 is 2.38 bits per heavy atom. The second-order valence-corrected chi connectivity index (χ2v) is 12.4. The van der Waals surface area contributed by atoms with Gasteiger partial charge in [0.25, 0.3) is 0 Å². The molecule has 2 saturated carbocycles. The van der Waals surface area contributed by atoms with Gasteiger partial charge in [0.05, 0.1) is 6.10 Å². The van der Waals surface area contributed by atoms with Crippen LogP contribution in [0.1, 0.15) is 92.4 Å². The fraction of sp³-hybridized carbons (Fsp3) is 0.852. The largest absolute Gasteiger partial charge is 0.393 e. The molecule has 4 rings (SSSR count). The molecule has 0 spiro atoms. The number of carbonyl (C=O) groups is 2. The molecule has 0 aromatic carbocycles. The molecule has 0 saturated heterocycles. The molecule has 4 aliphatic rings. The zero-order valence-electron chi connectivity index (χ0n) is 20.5. The summed E-state index contributed by atoms with van der Waals surface area (Å²) in [4.78, 5) is 27.2. The van der Waals surface area contributed by atoms with Crippen molar-refractivity contribution < 1.29 is 24.9 Å². The van der Waals surface area contributed by atoms with E-state index < -0.39 is 29.0 Å². The first kappa shape index (κ1) is 24.1. The molecule has 0 radical (unpaired) electrons. The van der Waals surface area contributed by atoms with Gasteiger partial charge in [-0.3, -0.25) is 9.59 Å². The van der Waals surface area contributed by atoms with Crippen LogP contribution in [0.3, 0.4) is 0 Å². The van der Waals surface area contributed by atoms with Crippen LogP contribution in [0.25, 0.3) is 0 Å². The van der Waals surface area contributed by atoms with Crippen molar-refractivity contribution in [2.45, 2.75) is 110 Å². The van der Waals surface area contributed by atoms with Gasteiger partial charge in [-0.1, -0.05) is 53.9 Å².